The second-order valence-corrected chi connectivity index (χ2v) is 5.39. The van der Waals surface area contributed by atoms with Crippen molar-refractivity contribution in [1.29, 1.82) is 0 Å². The molecule has 0 aromatic carbocycles. The minimum atomic E-state index is 0.859. The molecule has 1 aromatic heterocycles. The first kappa shape index (κ1) is 13.5. The molecule has 2 rings (SSSR count). The van der Waals surface area contributed by atoms with Gasteiger partial charge in [-0.2, -0.15) is 0 Å². The second-order valence-electron chi connectivity index (χ2n) is 5.39. The van der Waals surface area contributed by atoms with E-state index >= 15 is 0 Å². The van der Waals surface area contributed by atoms with Crippen LogP contribution in [-0.4, -0.2) is 29.0 Å². The number of nitrogens with zero attached hydrogens (tertiary/aromatic N) is 2. The topological polar surface area (TPSA) is 16.1 Å². The fourth-order valence-corrected chi connectivity index (χ4v) is 3.08. The van der Waals surface area contributed by atoms with Crippen molar-refractivity contribution >= 4 is 0 Å². The van der Waals surface area contributed by atoms with Gasteiger partial charge < -0.3 is 4.90 Å². The van der Waals surface area contributed by atoms with E-state index in [2.05, 4.69) is 22.9 Å². The number of aromatic nitrogens is 1. The van der Waals surface area contributed by atoms with Crippen molar-refractivity contribution in [3.8, 4) is 0 Å². The highest BCUT2D eigenvalue weighted by Gasteiger charge is 2.19. The molecule has 1 fully saturated rings. The number of pyridine rings is 1. The van der Waals surface area contributed by atoms with E-state index in [1.807, 2.05) is 18.5 Å². The molecule has 1 heterocycles. The number of hydrogen-bond donors (Lipinski definition) is 0. The van der Waals surface area contributed by atoms with Crippen LogP contribution >= 0.6 is 0 Å². The highest BCUT2D eigenvalue weighted by Crippen LogP contribution is 2.22. The lowest BCUT2D eigenvalue weighted by Gasteiger charge is -2.33. The Labute approximate surface area is 111 Å². The molecule has 1 aromatic rings. The maximum Gasteiger partial charge on any atom is 0.0299 e. The van der Waals surface area contributed by atoms with Crippen LogP contribution in [0.4, 0.5) is 0 Å². The lowest BCUT2D eigenvalue weighted by Crippen LogP contribution is -2.37. The van der Waals surface area contributed by atoms with Crippen LogP contribution in [0.3, 0.4) is 0 Å². The fraction of sp³-hybridized carbons (Fsp3) is 0.688. The Balaban J connectivity index is 1.73. The minimum absolute atomic E-state index is 0.859. The van der Waals surface area contributed by atoms with E-state index in [0.29, 0.717) is 0 Å². The van der Waals surface area contributed by atoms with E-state index in [9.17, 15) is 0 Å². The molecule has 0 radical (unpaired) electrons. The van der Waals surface area contributed by atoms with Gasteiger partial charge in [-0.3, -0.25) is 4.98 Å². The van der Waals surface area contributed by atoms with E-state index in [0.717, 1.165) is 12.5 Å². The van der Waals surface area contributed by atoms with Gasteiger partial charge in [0.15, 0.2) is 0 Å². The van der Waals surface area contributed by atoms with Crippen LogP contribution in [0.2, 0.25) is 0 Å². The summed E-state index contributed by atoms with van der Waals surface area (Å²) in [6.07, 6.45) is 13.4. The first-order chi connectivity index (χ1) is 8.90. The Kier molecular flexibility index (Phi) is 5.66. The standard InChI is InChI=1S/C16H26N2/c1-2-18(16-10-4-3-5-11-16)13-7-9-15-8-6-12-17-14-15/h6,8,12,14,16H,2-5,7,9-11,13H2,1H3. The smallest absolute Gasteiger partial charge is 0.0299 e. The highest BCUT2D eigenvalue weighted by molar-refractivity contribution is 5.08. The molecule has 0 amide bonds. The molecule has 0 spiro atoms. The van der Waals surface area contributed by atoms with Crippen molar-refractivity contribution in [3.63, 3.8) is 0 Å². The maximum absolute atomic E-state index is 4.18. The van der Waals surface area contributed by atoms with Crippen molar-refractivity contribution in [2.24, 2.45) is 0 Å². The summed E-state index contributed by atoms with van der Waals surface area (Å²) in [5, 5.41) is 0. The largest absolute Gasteiger partial charge is 0.301 e. The van der Waals surface area contributed by atoms with Crippen molar-refractivity contribution in [1.82, 2.24) is 9.88 Å². The summed E-state index contributed by atoms with van der Waals surface area (Å²) in [5.41, 5.74) is 1.37. The van der Waals surface area contributed by atoms with Gasteiger partial charge in [-0.05, 0) is 50.4 Å². The highest BCUT2D eigenvalue weighted by atomic mass is 15.1. The van der Waals surface area contributed by atoms with Gasteiger partial charge in [-0.1, -0.05) is 32.3 Å². The van der Waals surface area contributed by atoms with Crippen molar-refractivity contribution in [3.05, 3.63) is 30.1 Å². The molecule has 100 valence electrons. The Morgan fingerprint density at radius 3 is 2.78 bits per heavy atom. The van der Waals surface area contributed by atoms with E-state index in [1.165, 1.54) is 57.2 Å². The van der Waals surface area contributed by atoms with Crippen LogP contribution in [0.1, 0.15) is 51.0 Å². The molecule has 0 aliphatic heterocycles. The average Bonchev–Trinajstić information content (AvgIpc) is 2.46. The van der Waals surface area contributed by atoms with E-state index in [-0.39, 0.29) is 0 Å². The van der Waals surface area contributed by atoms with Crippen LogP contribution in [0, 0.1) is 0 Å². The molecule has 2 heteroatoms. The summed E-state index contributed by atoms with van der Waals surface area (Å²) in [7, 11) is 0. The molecule has 2 nitrogen and oxygen atoms in total. The predicted octanol–water partition coefficient (Wildman–Crippen LogP) is 3.67. The molecule has 1 aliphatic carbocycles. The summed E-state index contributed by atoms with van der Waals surface area (Å²) in [4.78, 5) is 6.87. The fourth-order valence-electron chi connectivity index (χ4n) is 3.08. The number of rotatable bonds is 6. The van der Waals surface area contributed by atoms with Gasteiger partial charge in [0, 0.05) is 18.4 Å². The minimum Gasteiger partial charge on any atom is -0.301 e. The van der Waals surface area contributed by atoms with Gasteiger partial charge in [-0.25, -0.2) is 0 Å². The molecule has 0 unspecified atom stereocenters. The summed E-state index contributed by atoms with van der Waals surface area (Å²) in [6.45, 7) is 4.76. The van der Waals surface area contributed by atoms with E-state index in [1.54, 1.807) is 0 Å². The predicted molar refractivity (Wildman–Crippen MR) is 76.7 cm³/mol. The van der Waals surface area contributed by atoms with Crippen molar-refractivity contribution < 1.29 is 0 Å². The molecular formula is C16H26N2. The monoisotopic (exact) mass is 246 g/mol. The summed E-state index contributed by atoms with van der Waals surface area (Å²) in [6, 6.07) is 5.08. The number of aryl methyl sites for hydroxylation is 1. The van der Waals surface area contributed by atoms with Crippen LogP contribution in [0.15, 0.2) is 24.5 Å². The van der Waals surface area contributed by atoms with Gasteiger partial charge in [0.2, 0.25) is 0 Å². The lowest BCUT2D eigenvalue weighted by molar-refractivity contribution is 0.162. The van der Waals surface area contributed by atoms with Crippen LogP contribution < -0.4 is 0 Å². The summed E-state index contributed by atoms with van der Waals surface area (Å²) < 4.78 is 0. The normalized spacial score (nSPS) is 17.2. The first-order valence-corrected chi connectivity index (χ1v) is 7.53. The zero-order chi connectivity index (χ0) is 12.6. The van der Waals surface area contributed by atoms with Gasteiger partial charge in [0.1, 0.15) is 0 Å². The van der Waals surface area contributed by atoms with Gasteiger partial charge in [0.05, 0.1) is 0 Å². The molecule has 0 atom stereocenters. The number of hydrogen-bond acceptors (Lipinski definition) is 2. The van der Waals surface area contributed by atoms with Gasteiger partial charge >= 0.3 is 0 Å². The molecule has 18 heavy (non-hydrogen) atoms. The van der Waals surface area contributed by atoms with Crippen molar-refractivity contribution in [2.75, 3.05) is 13.1 Å². The van der Waals surface area contributed by atoms with E-state index in [4.69, 9.17) is 0 Å². The van der Waals surface area contributed by atoms with E-state index < -0.39 is 0 Å². The third-order valence-electron chi connectivity index (χ3n) is 4.13. The summed E-state index contributed by atoms with van der Waals surface area (Å²) >= 11 is 0. The third kappa shape index (κ3) is 4.09. The summed E-state index contributed by atoms with van der Waals surface area (Å²) in [5.74, 6) is 0. The molecular weight excluding hydrogens is 220 g/mol. The second kappa shape index (κ2) is 7.52. The third-order valence-corrected chi connectivity index (χ3v) is 4.13. The van der Waals surface area contributed by atoms with Gasteiger partial charge in [0.25, 0.3) is 0 Å². The molecule has 0 N–H and O–H groups in total. The van der Waals surface area contributed by atoms with Crippen LogP contribution in [0.5, 0.6) is 0 Å². The van der Waals surface area contributed by atoms with Gasteiger partial charge in [-0.15, -0.1) is 0 Å². The SMILES string of the molecule is CCN(CCCc1cccnc1)C1CCCCC1. The zero-order valence-electron chi connectivity index (χ0n) is 11.6. The van der Waals surface area contributed by atoms with Crippen molar-refractivity contribution in [2.45, 2.75) is 57.9 Å². The Bertz CT molecular complexity index is 317. The Morgan fingerprint density at radius 1 is 1.28 bits per heavy atom. The molecule has 1 saturated carbocycles. The average molecular weight is 246 g/mol. The first-order valence-electron chi connectivity index (χ1n) is 7.53. The molecule has 0 saturated heterocycles. The lowest BCUT2D eigenvalue weighted by atomic mass is 9.94. The molecule has 1 aliphatic rings. The zero-order valence-corrected chi connectivity index (χ0v) is 11.6. The molecule has 0 bridgehead atoms. The quantitative estimate of drug-likeness (QED) is 0.761. The van der Waals surface area contributed by atoms with Crippen LogP contribution in [0.25, 0.3) is 0 Å². The Morgan fingerprint density at radius 2 is 2.11 bits per heavy atom. The van der Waals surface area contributed by atoms with Crippen LogP contribution in [-0.2, 0) is 6.42 Å². The maximum atomic E-state index is 4.18. The Hall–Kier alpha value is -0.890.